The van der Waals surface area contributed by atoms with Gasteiger partial charge in [-0.1, -0.05) is 24.3 Å². The molecule has 2 aromatic rings. The van der Waals surface area contributed by atoms with E-state index < -0.39 is 5.97 Å². The van der Waals surface area contributed by atoms with Crippen molar-refractivity contribution >= 4 is 22.6 Å². The van der Waals surface area contributed by atoms with Crippen molar-refractivity contribution in [2.45, 2.75) is 25.3 Å². The molecule has 1 fully saturated rings. The van der Waals surface area contributed by atoms with Crippen molar-refractivity contribution in [1.82, 2.24) is 10.3 Å². The number of nitrogens with one attached hydrogen (secondary N) is 1. The van der Waals surface area contributed by atoms with E-state index in [9.17, 15) is 9.59 Å². The van der Waals surface area contributed by atoms with E-state index in [1.54, 1.807) is 6.20 Å². The fourth-order valence-corrected chi connectivity index (χ4v) is 2.89. The summed E-state index contributed by atoms with van der Waals surface area (Å²) in [7, 11) is 0. The van der Waals surface area contributed by atoms with Gasteiger partial charge >= 0.3 is 5.97 Å². The molecule has 1 heterocycles. The summed E-state index contributed by atoms with van der Waals surface area (Å²) >= 11 is 0. The topological polar surface area (TPSA) is 79.3 Å². The third-order valence-electron chi connectivity index (χ3n) is 4.01. The monoisotopic (exact) mass is 284 g/mol. The molecule has 1 amide bonds. The molecule has 0 spiro atoms. The number of amides is 1. The quantitative estimate of drug-likeness (QED) is 0.905. The number of benzene rings is 1. The van der Waals surface area contributed by atoms with Gasteiger partial charge < -0.3 is 10.4 Å². The number of carbonyl (C=O) groups excluding carboxylic acids is 1. The molecule has 1 saturated carbocycles. The van der Waals surface area contributed by atoms with Crippen molar-refractivity contribution in [3.8, 4) is 0 Å². The average molecular weight is 284 g/mol. The minimum atomic E-state index is -0.782. The largest absolute Gasteiger partial charge is 0.481 e. The van der Waals surface area contributed by atoms with Crippen LogP contribution in [0.4, 0.5) is 0 Å². The highest BCUT2D eigenvalue weighted by Gasteiger charge is 2.31. The summed E-state index contributed by atoms with van der Waals surface area (Å²) in [4.78, 5) is 27.5. The minimum Gasteiger partial charge on any atom is -0.481 e. The normalized spacial score (nSPS) is 21.3. The molecule has 1 aliphatic carbocycles. The van der Waals surface area contributed by atoms with Crippen molar-refractivity contribution in [2.24, 2.45) is 5.92 Å². The molecule has 0 saturated heterocycles. The Morgan fingerprint density at radius 1 is 1.19 bits per heavy atom. The Morgan fingerprint density at radius 3 is 2.76 bits per heavy atom. The molecule has 1 aliphatic rings. The van der Waals surface area contributed by atoms with Gasteiger partial charge in [0.1, 0.15) is 5.69 Å². The summed E-state index contributed by atoms with van der Waals surface area (Å²) in [6, 6.07) is 9.37. The summed E-state index contributed by atoms with van der Waals surface area (Å²) in [5, 5.41) is 13.7. The summed E-state index contributed by atoms with van der Waals surface area (Å²) in [5.41, 5.74) is 0.395. The van der Waals surface area contributed by atoms with Gasteiger partial charge in [0.05, 0.1) is 5.92 Å². The Bertz CT molecular complexity index is 693. The predicted octanol–water partition coefficient (Wildman–Crippen LogP) is 2.22. The van der Waals surface area contributed by atoms with Crippen LogP contribution in [0, 0.1) is 5.92 Å². The number of hydrogen-bond donors (Lipinski definition) is 2. The van der Waals surface area contributed by atoms with Crippen molar-refractivity contribution in [1.29, 1.82) is 0 Å². The third kappa shape index (κ3) is 2.72. The number of carbonyl (C=O) groups is 2. The molecule has 0 unspecified atom stereocenters. The van der Waals surface area contributed by atoms with Gasteiger partial charge in [-0.2, -0.15) is 0 Å². The van der Waals surface area contributed by atoms with Gasteiger partial charge in [0.15, 0.2) is 0 Å². The standard InChI is InChI=1S/C16H16N2O3/c19-15(18-12-6-5-11(9-12)16(20)21)14-13-4-2-1-3-10(13)7-8-17-14/h1-4,7-8,11-12H,5-6,9H2,(H,18,19)(H,20,21)/t11-,12+/m0/s1. The molecule has 3 rings (SSSR count). The first-order chi connectivity index (χ1) is 10.1. The predicted molar refractivity (Wildman–Crippen MR) is 78.0 cm³/mol. The molecular weight excluding hydrogens is 268 g/mol. The number of carboxylic acid groups (broad SMARTS) is 1. The molecule has 21 heavy (non-hydrogen) atoms. The first-order valence-electron chi connectivity index (χ1n) is 7.02. The highest BCUT2D eigenvalue weighted by molar-refractivity contribution is 6.05. The second-order valence-electron chi connectivity index (χ2n) is 5.40. The van der Waals surface area contributed by atoms with Gasteiger partial charge in [-0.05, 0) is 30.7 Å². The lowest BCUT2D eigenvalue weighted by atomic mass is 10.1. The molecule has 2 atom stereocenters. The first kappa shape index (κ1) is 13.5. The maximum absolute atomic E-state index is 12.4. The number of pyridine rings is 1. The van der Waals surface area contributed by atoms with Crippen LogP contribution in [0.1, 0.15) is 29.8 Å². The number of aromatic nitrogens is 1. The van der Waals surface area contributed by atoms with Crippen LogP contribution in [0.5, 0.6) is 0 Å². The van der Waals surface area contributed by atoms with E-state index in [2.05, 4.69) is 10.3 Å². The Balaban J connectivity index is 1.78. The fourth-order valence-electron chi connectivity index (χ4n) is 2.89. The van der Waals surface area contributed by atoms with E-state index in [0.29, 0.717) is 25.0 Å². The molecular formula is C16H16N2O3. The van der Waals surface area contributed by atoms with E-state index >= 15 is 0 Å². The van der Waals surface area contributed by atoms with Crippen LogP contribution < -0.4 is 5.32 Å². The number of hydrogen-bond acceptors (Lipinski definition) is 3. The molecule has 108 valence electrons. The first-order valence-corrected chi connectivity index (χ1v) is 7.02. The highest BCUT2D eigenvalue weighted by atomic mass is 16.4. The van der Waals surface area contributed by atoms with Crippen molar-refractivity contribution in [3.63, 3.8) is 0 Å². The number of fused-ring (bicyclic) bond motifs is 1. The molecule has 2 N–H and O–H groups in total. The molecule has 1 aromatic carbocycles. The number of rotatable bonds is 3. The van der Waals surface area contributed by atoms with Crippen molar-refractivity contribution < 1.29 is 14.7 Å². The van der Waals surface area contributed by atoms with Gasteiger partial charge in [-0.15, -0.1) is 0 Å². The fraction of sp³-hybridized carbons (Fsp3) is 0.312. The Kier molecular flexibility index (Phi) is 3.56. The zero-order valence-corrected chi connectivity index (χ0v) is 11.5. The Hall–Kier alpha value is -2.43. The SMILES string of the molecule is O=C(N[C@@H]1CC[C@H](C(=O)O)C1)c1nccc2ccccc12. The maximum atomic E-state index is 12.4. The zero-order chi connectivity index (χ0) is 14.8. The van der Waals surface area contributed by atoms with E-state index in [0.717, 1.165) is 10.8 Å². The average Bonchev–Trinajstić information content (AvgIpc) is 2.95. The van der Waals surface area contributed by atoms with Gasteiger partial charge in [0, 0.05) is 17.6 Å². The number of carboxylic acids is 1. The number of aliphatic carboxylic acids is 1. The van der Waals surface area contributed by atoms with Crippen LogP contribution in [-0.4, -0.2) is 28.0 Å². The van der Waals surface area contributed by atoms with Crippen LogP contribution in [0.2, 0.25) is 0 Å². The minimum absolute atomic E-state index is 0.0839. The maximum Gasteiger partial charge on any atom is 0.306 e. The zero-order valence-electron chi connectivity index (χ0n) is 11.5. The molecule has 0 bridgehead atoms. The van der Waals surface area contributed by atoms with Crippen molar-refractivity contribution in [2.75, 3.05) is 0 Å². The lowest BCUT2D eigenvalue weighted by molar-refractivity contribution is -0.141. The molecule has 5 nitrogen and oxygen atoms in total. The summed E-state index contributed by atoms with van der Waals surface area (Å²) in [6.07, 6.45) is 3.43. The highest BCUT2D eigenvalue weighted by Crippen LogP contribution is 2.26. The van der Waals surface area contributed by atoms with E-state index in [1.807, 2.05) is 30.3 Å². The van der Waals surface area contributed by atoms with Gasteiger partial charge in [-0.25, -0.2) is 0 Å². The van der Waals surface area contributed by atoms with E-state index in [-0.39, 0.29) is 17.9 Å². The second-order valence-corrected chi connectivity index (χ2v) is 5.40. The van der Waals surface area contributed by atoms with Crippen LogP contribution in [0.3, 0.4) is 0 Å². The molecule has 0 aliphatic heterocycles. The van der Waals surface area contributed by atoms with Gasteiger partial charge in [0.2, 0.25) is 0 Å². The Morgan fingerprint density at radius 2 is 2.00 bits per heavy atom. The summed E-state index contributed by atoms with van der Waals surface area (Å²) < 4.78 is 0. The summed E-state index contributed by atoms with van der Waals surface area (Å²) in [5.74, 6) is -1.37. The van der Waals surface area contributed by atoms with E-state index in [4.69, 9.17) is 5.11 Å². The third-order valence-corrected chi connectivity index (χ3v) is 4.01. The lowest BCUT2D eigenvalue weighted by Gasteiger charge is -2.13. The lowest BCUT2D eigenvalue weighted by Crippen LogP contribution is -2.34. The molecule has 1 aromatic heterocycles. The van der Waals surface area contributed by atoms with Crippen LogP contribution >= 0.6 is 0 Å². The van der Waals surface area contributed by atoms with E-state index in [1.165, 1.54) is 0 Å². The van der Waals surface area contributed by atoms with Crippen LogP contribution in [0.25, 0.3) is 10.8 Å². The van der Waals surface area contributed by atoms with Gasteiger partial charge in [-0.3, -0.25) is 14.6 Å². The molecule has 5 heteroatoms. The summed E-state index contributed by atoms with van der Waals surface area (Å²) in [6.45, 7) is 0. The van der Waals surface area contributed by atoms with Crippen LogP contribution in [0.15, 0.2) is 36.5 Å². The Labute approximate surface area is 122 Å². The smallest absolute Gasteiger partial charge is 0.306 e. The molecule has 0 radical (unpaired) electrons. The van der Waals surface area contributed by atoms with Crippen LogP contribution in [-0.2, 0) is 4.79 Å². The van der Waals surface area contributed by atoms with Gasteiger partial charge in [0.25, 0.3) is 5.91 Å². The van der Waals surface area contributed by atoms with Crippen molar-refractivity contribution in [3.05, 3.63) is 42.2 Å². The number of nitrogens with zero attached hydrogens (tertiary/aromatic N) is 1. The second kappa shape index (κ2) is 5.52.